The number of H-pyrrole nitrogens is 1. The Kier molecular flexibility index (Phi) is 4.65. The van der Waals surface area contributed by atoms with Crippen LogP contribution in [0.2, 0.25) is 0 Å². The second-order valence-electron chi connectivity index (χ2n) is 4.05. The van der Waals surface area contributed by atoms with E-state index in [9.17, 15) is 14.0 Å². The molecule has 0 amide bonds. The van der Waals surface area contributed by atoms with Gasteiger partial charge < -0.3 is 9.47 Å². The molecular formula is C14H13FN2O4. The number of nitrogens with one attached hydrogen (secondary N) is 1. The Morgan fingerprint density at radius 3 is 2.62 bits per heavy atom. The molecule has 0 bridgehead atoms. The summed E-state index contributed by atoms with van der Waals surface area (Å²) in [6, 6.07) is 7.13. The summed E-state index contributed by atoms with van der Waals surface area (Å²) < 4.78 is 22.2. The van der Waals surface area contributed by atoms with Gasteiger partial charge in [0, 0.05) is 5.56 Å². The van der Waals surface area contributed by atoms with E-state index < -0.39 is 18.5 Å². The maximum absolute atomic E-state index is 12.8. The second-order valence-corrected chi connectivity index (χ2v) is 4.05. The first-order valence-electron chi connectivity index (χ1n) is 6.24. The van der Waals surface area contributed by atoms with Crippen LogP contribution in [-0.2, 0) is 14.3 Å². The summed E-state index contributed by atoms with van der Waals surface area (Å²) in [5, 5.41) is 6.44. The minimum absolute atomic E-state index is 0.0959. The minimum atomic E-state index is -0.719. The molecule has 0 saturated heterocycles. The zero-order valence-electron chi connectivity index (χ0n) is 11.3. The maximum Gasteiger partial charge on any atom is 0.356 e. The Hall–Kier alpha value is -2.70. The Morgan fingerprint density at radius 2 is 1.95 bits per heavy atom. The lowest BCUT2D eigenvalue weighted by Crippen LogP contribution is -2.16. The molecule has 0 spiro atoms. The van der Waals surface area contributed by atoms with E-state index in [0.29, 0.717) is 11.3 Å². The van der Waals surface area contributed by atoms with Gasteiger partial charge in [-0.05, 0) is 37.3 Å². The number of benzene rings is 1. The van der Waals surface area contributed by atoms with Crippen molar-refractivity contribution < 1.29 is 23.5 Å². The molecule has 1 N–H and O–H groups in total. The van der Waals surface area contributed by atoms with E-state index in [1.54, 1.807) is 19.1 Å². The third-order valence-corrected chi connectivity index (χ3v) is 2.56. The predicted octanol–water partition coefficient (Wildman–Crippen LogP) is 1.94. The molecule has 0 unspecified atom stereocenters. The molecule has 1 aromatic heterocycles. The lowest BCUT2D eigenvalue weighted by molar-refractivity contribution is -0.146. The largest absolute Gasteiger partial charge is 0.463 e. The molecule has 21 heavy (non-hydrogen) atoms. The van der Waals surface area contributed by atoms with Gasteiger partial charge in [-0.25, -0.2) is 14.0 Å². The summed E-state index contributed by atoms with van der Waals surface area (Å²) in [5.41, 5.74) is 1.22. The van der Waals surface area contributed by atoms with Crippen molar-refractivity contribution in [3.63, 3.8) is 0 Å². The van der Waals surface area contributed by atoms with E-state index in [-0.39, 0.29) is 18.1 Å². The van der Waals surface area contributed by atoms with Crippen molar-refractivity contribution in [3.8, 4) is 11.3 Å². The highest BCUT2D eigenvalue weighted by molar-refractivity contribution is 5.90. The number of rotatable bonds is 5. The van der Waals surface area contributed by atoms with Crippen LogP contribution in [0.25, 0.3) is 11.3 Å². The van der Waals surface area contributed by atoms with Gasteiger partial charge in [-0.1, -0.05) is 0 Å². The maximum atomic E-state index is 12.8. The van der Waals surface area contributed by atoms with Gasteiger partial charge in [0.2, 0.25) is 0 Å². The van der Waals surface area contributed by atoms with Crippen molar-refractivity contribution in [2.24, 2.45) is 0 Å². The van der Waals surface area contributed by atoms with Crippen molar-refractivity contribution in [1.29, 1.82) is 0 Å². The van der Waals surface area contributed by atoms with E-state index in [2.05, 4.69) is 14.9 Å². The monoisotopic (exact) mass is 292 g/mol. The number of carbonyl (C=O) groups is 2. The number of halogens is 1. The van der Waals surface area contributed by atoms with Crippen molar-refractivity contribution in [2.45, 2.75) is 6.92 Å². The number of hydrogen-bond donors (Lipinski definition) is 1. The molecule has 0 atom stereocenters. The quantitative estimate of drug-likeness (QED) is 0.852. The van der Waals surface area contributed by atoms with E-state index >= 15 is 0 Å². The van der Waals surface area contributed by atoms with Gasteiger partial charge in [0.25, 0.3) is 0 Å². The number of aromatic amines is 1. The number of ether oxygens (including phenoxy) is 2. The third kappa shape index (κ3) is 3.88. The first-order valence-corrected chi connectivity index (χ1v) is 6.24. The molecule has 1 aromatic carbocycles. The molecule has 0 aliphatic rings. The van der Waals surface area contributed by atoms with E-state index in [4.69, 9.17) is 4.74 Å². The first kappa shape index (κ1) is 14.7. The Morgan fingerprint density at radius 1 is 1.24 bits per heavy atom. The van der Waals surface area contributed by atoms with Crippen LogP contribution in [0.3, 0.4) is 0 Å². The molecular weight excluding hydrogens is 279 g/mol. The standard InChI is InChI=1S/C14H13FN2O4/c1-2-20-13(18)8-21-14(19)12-7-11(16-17-12)9-3-5-10(15)6-4-9/h3-7H,2,8H2,1H3,(H,16,17). The summed E-state index contributed by atoms with van der Waals surface area (Å²) in [6.45, 7) is 1.41. The van der Waals surface area contributed by atoms with Crippen LogP contribution in [0.15, 0.2) is 30.3 Å². The van der Waals surface area contributed by atoms with Crippen molar-refractivity contribution >= 4 is 11.9 Å². The molecule has 7 heteroatoms. The molecule has 0 aliphatic heterocycles. The smallest absolute Gasteiger partial charge is 0.356 e. The van der Waals surface area contributed by atoms with Crippen LogP contribution in [0, 0.1) is 5.82 Å². The fourth-order valence-electron chi connectivity index (χ4n) is 1.60. The van der Waals surface area contributed by atoms with Crippen LogP contribution >= 0.6 is 0 Å². The number of esters is 2. The zero-order valence-corrected chi connectivity index (χ0v) is 11.3. The van der Waals surface area contributed by atoms with E-state index in [0.717, 1.165) is 0 Å². The molecule has 2 aromatic rings. The van der Waals surface area contributed by atoms with Crippen LogP contribution in [0.5, 0.6) is 0 Å². The summed E-state index contributed by atoms with van der Waals surface area (Å²) in [5.74, 6) is -1.70. The minimum Gasteiger partial charge on any atom is -0.463 e. The third-order valence-electron chi connectivity index (χ3n) is 2.56. The SMILES string of the molecule is CCOC(=O)COC(=O)c1cc(-c2ccc(F)cc2)n[nH]1. The summed E-state index contributed by atoms with van der Waals surface area (Å²) in [6.07, 6.45) is 0. The van der Waals surface area contributed by atoms with Crippen LogP contribution < -0.4 is 0 Å². The number of nitrogens with zero attached hydrogens (tertiary/aromatic N) is 1. The van der Waals surface area contributed by atoms with Crippen molar-refractivity contribution in [3.05, 3.63) is 41.8 Å². The highest BCUT2D eigenvalue weighted by Gasteiger charge is 2.14. The lowest BCUT2D eigenvalue weighted by Gasteiger charge is -2.02. The molecule has 0 aliphatic carbocycles. The molecule has 0 fully saturated rings. The average Bonchev–Trinajstić information content (AvgIpc) is 2.96. The Labute approximate surface area is 119 Å². The van der Waals surface area contributed by atoms with Gasteiger partial charge in [-0.2, -0.15) is 5.10 Å². The Balaban J connectivity index is 2.00. The van der Waals surface area contributed by atoms with Gasteiger partial charge >= 0.3 is 11.9 Å². The van der Waals surface area contributed by atoms with Crippen LogP contribution in [0.1, 0.15) is 17.4 Å². The first-order chi connectivity index (χ1) is 10.1. The summed E-state index contributed by atoms with van der Waals surface area (Å²) in [7, 11) is 0. The van der Waals surface area contributed by atoms with E-state index in [1.165, 1.54) is 18.2 Å². The van der Waals surface area contributed by atoms with Gasteiger partial charge in [0.05, 0.1) is 12.3 Å². The lowest BCUT2D eigenvalue weighted by atomic mass is 10.1. The summed E-state index contributed by atoms with van der Waals surface area (Å²) >= 11 is 0. The van der Waals surface area contributed by atoms with Gasteiger partial charge in [0.1, 0.15) is 11.5 Å². The predicted molar refractivity (Wildman–Crippen MR) is 70.9 cm³/mol. The number of hydrogen-bond acceptors (Lipinski definition) is 5. The van der Waals surface area contributed by atoms with Crippen molar-refractivity contribution in [1.82, 2.24) is 10.2 Å². The zero-order chi connectivity index (χ0) is 15.2. The van der Waals surface area contributed by atoms with E-state index in [1.807, 2.05) is 0 Å². The molecule has 110 valence electrons. The van der Waals surface area contributed by atoms with Gasteiger partial charge in [-0.3, -0.25) is 5.10 Å². The van der Waals surface area contributed by atoms with Crippen LogP contribution in [0.4, 0.5) is 4.39 Å². The molecule has 1 heterocycles. The molecule has 0 radical (unpaired) electrons. The van der Waals surface area contributed by atoms with Gasteiger partial charge in [-0.15, -0.1) is 0 Å². The normalized spacial score (nSPS) is 10.2. The number of aromatic nitrogens is 2. The number of carbonyl (C=O) groups excluding carboxylic acids is 2. The summed E-state index contributed by atoms with van der Waals surface area (Å²) in [4.78, 5) is 22.8. The fraction of sp³-hybridized carbons (Fsp3) is 0.214. The van der Waals surface area contributed by atoms with Crippen LogP contribution in [-0.4, -0.2) is 35.3 Å². The Bertz CT molecular complexity index is 637. The molecule has 6 nitrogen and oxygen atoms in total. The highest BCUT2D eigenvalue weighted by Crippen LogP contribution is 2.18. The highest BCUT2D eigenvalue weighted by atomic mass is 19.1. The average molecular weight is 292 g/mol. The second kappa shape index (κ2) is 6.65. The molecule has 2 rings (SSSR count). The van der Waals surface area contributed by atoms with Crippen molar-refractivity contribution in [2.75, 3.05) is 13.2 Å². The molecule has 0 saturated carbocycles. The topological polar surface area (TPSA) is 81.3 Å². The van der Waals surface area contributed by atoms with Gasteiger partial charge in [0.15, 0.2) is 6.61 Å². The fourth-order valence-corrected chi connectivity index (χ4v) is 1.60.